The lowest BCUT2D eigenvalue weighted by atomic mass is 9.92. The lowest BCUT2D eigenvalue weighted by Crippen LogP contribution is -2.32. The third kappa shape index (κ3) is 3.69. The van der Waals surface area contributed by atoms with Crippen LogP contribution in [0.1, 0.15) is 19.7 Å². The van der Waals surface area contributed by atoms with Crippen LogP contribution in [0.3, 0.4) is 0 Å². The zero-order valence-electron chi connectivity index (χ0n) is 13.5. The van der Waals surface area contributed by atoms with Gasteiger partial charge in [-0.05, 0) is 31.6 Å². The molecule has 0 spiro atoms. The highest BCUT2D eigenvalue weighted by atomic mass is 35.5. The van der Waals surface area contributed by atoms with Crippen LogP contribution in [0, 0.1) is 5.41 Å². The van der Waals surface area contributed by atoms with Gasteiger partial charge in [0.1, 0.15) is 11.6 Å². The maximum Gasteiger partial charge on any atom is 0.124 e. The number of hydrogen-bond acceptors (Lipinski definition) is 3. The molecule has 0 bridgehead atoms. The van der Waals surface area contributed by atoms with Crippen molar-refractivity contribution < 1.29 is 4.74 Å². The Morgan fingerprint density at radius 1 is 1.33 bits per heavy atom. The molecule has 0 saturated heterocycles. The van der Waals surface area contributed by atoms with Gasteiger partial charge in [-0.15, -0.1) is 11.6 Å². The lowest BCUT2D eigenvalue weighted by Gasteiger charge is -2.29. The van der Waals surface area contributed by atoms with Crippen molar-refractivity contribution in [1.29, 1.82) is 0 Å². The number of methoxy groups -OCH3 is 1. The van der Waals surface area contributed by atoms with E-state index in [9.17, 15) is 0 Å². The molecule has 116 valence electrons. The average Bonchev–Trinajstić information content (AvgIpc) is 2.73. The summed E-state index contributed by atoms with van der Waals surface area (Å²) in [7, 11) is 5.86. The summed E-state index contributed by atoms with van der Waals surface area (Å²) in [5.41, 5.74) is 2.18. The first-order valence-electron chi connectivity index (χ1n) is 7.10. The molecule has 0 radical (unpaired) electrons. The molecule has 21 heavy (non-hydrogen) atoms. The van der Waals surface area contributed by atoms with Gasteiger partial charge in [0, 0.05) is 19.2 Å². The lowest BCUT2D eigenvalue weighted by molar-refractivity contribution is 0.212. The van der Waals surface area contributed by atoms with Crippen molar-refractivity contribution in [2.45, 2.75) is 26.3 Å². The van der Waals surface area contributed by atoms with Crippen LogP contribution in [0.2, 0.25) is 0 Å². The van der Waals surface area contributed by atoms with Gasteiger partial charge in [0.2, 0.25) is 0 Å². The number of halogens is 1. The highest BCUT2D eigenvalue weighted by molar-refractivity contribution is 6.16. The van der Waals surface area contributed by atoms with Crippen molar-refractivity contribution in [1.82, 2.24) is 14.5 Å². The van der Waals surface area contributed by atoms with E-state index < -0.39 is 0 Å². The molecular formula is C16H24ClN3O. The summed E-state index contributed by atoms with van der Waals surface area (Å²) in [6.07, 6.45) is 0. The molecule has 1 aromatic carbocycles. The zero-order valence-corrected chi connectivity index (χ0v) is 14.2. The van der Waals surface area contributed by atoms with Crippen LogP contribution in [0.4, 0.5) is 0 Å². The van der Waals surface area contributed by atoms with Crippen molar-refractivity contribution in [3.05, 3.63) is 24.0 Å². The molecule has 0 fully saturated rings. The van der Waals surface area contributed by atoms with Gasteiger partial charge in [-0.25, -0.2) is 4.98 Å². The van der Waals surface area contributed by atoms with Crippen molar-refractivity contribution in [2.75, 3.05) is 27.7 Å². The first kappa shape index (κ1) is 16.1. The quantitative estimate of drug-likeness (QED) is 0.766. The van der Waals surface area contributed by atoms with E-state index in [0.29, 0.717) is 5.88 Å². The Labute approximate surface area is 131 Å². The van der Waals surface area contributed by atoms with E-state index >= 15 is 0 Å². The highest BCUT2D eigenvalue weighted by Gasteiger charge is 2.22. The van der Waals surface area contributed by atoms with E-state index in [2.05, 4.69) is 48.5 Å². The normalized spacial score (nSPS) is 12.3. The number of rotatable bonds is 6. The van der Waals surface area contributed by atoms with Gasteiger partial charge >= 0.3 is 0 Å². The van der Waals surface area contributed by atoms with E-state index in [1.807, 2.05) is 12.1 Å². The van der Waals surface area contributed by atoms with Gasteiger partial charge in [0.25, 0.3) is 0 Å². The van der Waals surface area contributed by atoms with Crippen molar-refractivity contribution in [3.63, 3.8) is 0 Å². The minimum atomic E-state index is 0.137. The molecule has 0 aliphatic heterocycles. The SMILES string of the molecule is COc1ccc2c(c1)nc(CCl)n2CC(C)(C)CN(C)C. The van der Waals surface area contributed by atoms with Gasteiger partial charge < -0.3 is 14.2 Å². The summed E-state index contributed by atoms with van der Waals surface area (Å²) >= 11 is 6.09. The Hall–Kier alpha value is -1.26. The first-order chi connectivity index (χ1) is 9.86. The molecule has 5 heteroatoms. The Morgan fingerprint density at radius 3 is 2.62 bits per heavy atom. The van der Waals surface area contributed by atoms with Gasteiger partial charge in [0.05, 0.1) is 24.0 Å². The Morgan fingerprint density at radius 2 is 2.05 bits per heavy atom. The maximum atomic E-state index is 6.09. The predicted octanol–water partition coefficient (Wildman–Crippen LogP) is 3.37. The molecule has 2 aromatic rings. The highest BCUT2D eigenvalue weighted by Crippen LogP contribution is 2.27. The molecule has 0 unspecified atom stereocenters. The number of fused-ring (bicyclic) bond motifs is 1. The largest absolute Gasteiger partial charge is 0.497 e. The number of benzene rings is 1. The van der Waals surface area contributed by atoms with Crippen LogP contribution in [-0.4, -0.2) is 42.2 Å². The number of hydrogen-bond donors (Lipinski definition) is 0. The molecule has 1 heterocycles. The molecule has 2 rings (SSSR count). The summed E-state index contributed by atoms with van der Waals surface area (Å²) in [6.45, 7) is 6.42. The summed E-state index contributed by atoms with van der Waals surface area (Å²) in [5.74, 6) is 2.14. The third-order valence-electron chi connectivity index (χ3n) is 3.48. The molecule has 0 N–H and O–H groups in total. The van der Waals surface area contributed by atoms with E-state index in [1.165, 1.54) is 0 Å². The van der Waals surface area contributed by atoms with Crippen LogP contribution in [-0.2, 0) is 12.4 Å². The van der Waals surface area contributed by atoms with E-state index in [1.54, 1.807) is 7.11 Å². The van der Waals surface area contributed by atoms with Crippen LogP contribution in [0.25, 0.3) is 11.0 Å². The van der Waals surface area contributed by atoms with Gasteiger partial charge in [-0.3, -0.25) is 0 Å². The minimum absolute atomic E-state index is 0.137. The Balaban J connectivity index is 2.42. The summed E-state index contributed by atoms with van der Waals surface area (Å²) < 4.78 is 7.50. The molecule has 1 aromatic heterocycles. The molecule has 0 aliphatic carbocycles. The number of imidazole rings is 1. The fourth-order valence-electron chi connectivity index (χ4n) is 2.90. The Bertz CT molecular complexity index is 619. The molecular weight excluding hydrogens is 286 g/mol. The number of nitrogens with zero attached hydrogens (tertiary/aromatic N) is 3. The minimum Gasteiger partial charge on any atom is -0.497 e. The topological polar surface area (TPSA) is 30.3 Å². The van der Waals surface area contributed by atoms with Gasteiger partial charge in [-0.2, -0.15) is 0 Å². The second kappa shape index (κ2) is 6.24. The fourth-order valence-corrected chi connectivity index (χ4v) is 3.10. The standard InChI is InChI=1S/C16H24ClN3O/c1-16(2,10-19(3)4)11-20-14-7-6-12(21-5)8-13(14)18-15(20)9-17/h6-8H,9-11H2,1-5H3. The summed E-state index contributed by atoms with van der Waals surface area (Å²) in [5, 5.41) is 0. The fraction of sp³-hybridized carbons (Fsp3) is 0.562. The van der Waals surface area contributed by atoms with Crippen molar-refractivity contribution in [3.8, 4) is 5.75 Å². The van der Waals surface area contributed by atoms with Crippen molar-refractivity contribution in [2.24, 2.45) is 5.41 Å². The van der Waals surface area contributed by atoms with E-state index in [0.717, 1.165) is 35.7 Å². The molecule has 0 saturated carbocycles. The maximum absolute atomic E-state index is 6.09. The monoisotopic (exact) mass is 309 g/mol. The Kier molecular flexibility index (Phi) is 4.79. The third-order valence-corrected chi connectivity index (χ3v) is 3.72. The average molecular weight is 310 g/mol. The smallest absolute Gasteiger partial charge is 0.124 e. The van der Waals surface area contributed by atoms with Gasteiger partial charge in [-0.1, -0.05) is 13.8 Å². The first-order valence-corrected chi connectivity index (χ1v) is 7.63. The van der Waals surface area contributed by atoms with E-state index in [4.69, 9.17) is 16.3 Å². The van der Waals surface area contributed by atoms with Crippen LogP contribution < -0.4 is 4.74 Å². The van der Waals surface area contributed by atoms with E-state index in [-0.39, 0.29) is 5.41 Å². The molecule has 0 amide bonds. The summed E-state index contributed by atoms with van der Waals surface area (Å²) in [6, 6.07) is 5.99. The summed E-state index contributed by atoms with van der Waals surface area (Å²) in [4.78, 5) is 6.85. The number of aromatic nitrogens is 2. The predicted molar refractivity (Wildman–Crippen MR) is 88.2 cm³/mol. The molecule has 0 atom stereocenters. The zero-order chi connectivity index (χ0) is 15.6. The second-order valence-electron chi connectivity index (χ2n) is 6.50. The van der Waals surface area contributed by atoms with Gasteiger partial charge in [0.15, 0.2) is 0 Å². The van der Waals surface area contributed by atoms with Crippen LogP contribution in [0.15, 0.2) is 18.2 Å². The van der Waals surface area contributed by atoms with Crippen molar-refractivity contribution >= 4 is 22.6 Å². The molecule has 4 nitrogen and oxygen atoms in total. The second-order valence-corrected chi connectivity index (χ2v) is 6.77. The number of ether oxygens (including phenoxy) is 1. The van der Waals surface area contributed by atoms with Crippen LogP contribution >= 0.6 is 11.6 Å². The van der Waals surface area contributed by atoms with Crippen LogP contribution in [0.5, 0.6) is 5.75 Å². The molecule has 0 aliphatic rings. The number of alkyl halides is 1.